The lowest BCUT2D eigenvalue weighted by Crippen LogP contribution is -2.62. The molecular weight excluding hydrogens is 537 g/mol. The van der Waals surface area contributed by atoms with Gasteiger partial charge in [-0.3, -0.25) is 9.69 Å². The molecule has 2 aromatic rings. The molecule has 42 heavy (non-hydrogen) atoms. The highest BCUT2D eigenvalue weighted by molar-refractivity contribution is 5.97. The number of aromatic nitrogens is 3. The minimum atomic E-state index is -0.511. The maximum Gasteiger partial charge on any atom is 0.282 e. The number of benzene rings is 1. The first-order valence-electron chi connectivity index (χ1n) is 15.3. The first-order chi connectivity index (χ1) is 20.0. The summed E-state index contributed by atoms with van der Waals surface area (Å²) < 4.78 is 20.4. The zero-order valence-electron chi connectivity index (χ0n) is 26.3. The number of likely N-dealkylation sites (N-methyl/N-ethyl adjacent to an activating group) is 1. The van der Waals surface area contributed by atoms with Gasteiger partial charge >= 0.3 is 0 Å². The van der Waals surface area contributed by atoms with Gasteiger partial charge in [-0.15, -0.1) is 10.2 Å². The summed E-state index contributed by atoms with van der Waals surface area (Å²) in [6.07, 6.45) is 2.83. The summed E-state index contributed by atoms with van der Waals surface area (Å²) in [5.41, 5.74) is 0.276. The fourth-order valence-corrected chi connectivity index (χ4v) is 6.41. The second kappa shape index (κ2) is 13.6. The van der Waals surface area contributed by atoms with Crippen LogP contribution >= 0.6 is 0 Å². The van der Waals surface area contributed by atoms with E-state index >= 15 is 0 Å². The summed E-state index contributed by atoms with van der Waals surface area (Å²) in [6, 6.07) is 4.22. The van der Waals surface area contributed by atoms with Gasteiger partial charge in [0.2, 0.25) is 0 Å². The second-order valence-electron chi connectivity index (χ2n) is 12.6. The van der Waals surface area contributed by atoms with Crippen molar-refractivity contribution >= 4 is 11.7 Å². The molecule has 2 atom stereocenters. The van der Waals surface area contributed by atoms with Gasteiger partial charge in [-0.2, -0.15) is 0 Å². The van der Waals surface area contributed by atoms with Crippen LogP contribution in [-0.4, -0.2) is 112 Å². The first-order valence-corrected chi connectivity index (χ1v) is 15.3. The highest BCUT2D eigenvalue weighted by atomic mass is 19.1. The van der Waals surface area contributed by atoms with E-state index in [1.165, 1.54) is 24.5 Å². The molecule has 10 nitrogen and oxygen atoms in total. The number of hydrogen-bond acceptors (Lipinski definition) is 9. The average molecular weight is 586 g/mol. The lowest BCUT2D eigenvalue weighted by atomic mass is 9.76. The molecule has 0 radical (unpaired) electrons. The topological polar surface area (TPSA) is 98.2 Å². The number of likely N-dealkylation sites (tertiary alicyclic amines) is 1. The lowest BCUT2D eigenvalue weighted by molar-refractivity contribution is -0.0480. The number of carbonyl (C=O) groups excluding carboxylic acids is 1. The van der Waals surface area contributed by atoms with E-state index < -0.39 is 5.82 Å². The van der Waals surface area contributed by atoms with Gasteiger partial charge < -0.3 is 24.5 Å². The molecule has 1 aromatic carbocycles. The van der Waals surface area contributed by atoms with Crippen LogP contribution in [0.2, 0.25) is 0 Å². The number of anilines is 1. The van der Waals surface area contributed by atoms with Crippen LogP contribution in [0.15, 0.2) is 24.5 Å². The third-order valence-corrected chi connectivity index (χ3v) is 8.80. The van der Waals surface area contributed by atoms with E-state index in [2.05, 4.69) is 50.7 Å². The normalized spacial score (nSPS) is 18.1. The van der Waals surface area contributed by atoms with Gasteiger partial charge in [-0.25, -0.2) is 9.37 Å². The van der Waals surface area contributed by atoms with E-state index in [-0.39, 0.29) is 40.7 Å². The molecule has 2 saturated heterocycles. The summed E-state index contributed by atoms with van der Waals surface area (Å²) in [5, 5.41) is 18.9. The molecule has 1 N–H and O–H groups in total. The standard InChI is InChI=1S/C31H48FN7O3/c1-8-36(7)16-24(40)15-26(21(3)4)38-18-31(19-38)12-13-37(17-31)28-29(35-34-20-33-28)42-27-11-10-23(32)14-25(27)30(41)39(9-2)22(5)6/h10-11,14,20-22,24,26,40H,8-9,12-13,15-19H2,1-7H3. The smallest absolute Gasteiger partial charge is 0.282 e. The van der Waals surface area contributed by atoms with Crippen molar-refractivity contribution in [1.29, 1.82) is 0 Å². The van der Waals surface area contributed by atoms with Crippen molar-refractivity contribution in [3.63, 3.8) is 0 Å². The van der Waals surface area contributed by atoms with Crippen LogP contribution in [0.5, 0.6) is 11.6 Å². The van der Waals surface area contributed by atoms with Gasteiger partial charge in [-0.05, 0) is 71.3 Å². The summed E-state index contributed by atoms with van der Waals surface area (Å²) in [6.45, 7) is 17.9. The molecule has 1 aromatic heterocycles. The van der Waals surface area contributed by atoms with Crippen molar-refractivity contribution < 1.29 is 19.0 Å². The SMILES string of the molecule is CCN(C)CC(O)CC(C(C)C)N1CC2(CCN(c3ncnnc3Oc3ccc(F)cc3C(=O)N(CC)C(C)C)C2)C1. The Morgan fingerprint density at radius 3 is 2.55 bits per heavy atom. The molecule has 2 unspecified atom stereocenters. The molecule has 2 fully saturated rings. The minimum absolute atomic E-state index is 0.0496. The van der Waals surface area contributed by atoms with Gasteiger partial charge in [-0.1, -0.05) is 20.8 Å². The van der Waals surface area contributed by atoms with E-state index in [4.69, 9.17) is 4.74 Å². The predicted molar refractivity (Wildman–Crippen MR) is 161 cm³/mol. The van der Waals surface area contributed by atoms with Crippen molar-refractivity contribution in [2.45, 2.75) is 72.6 Å². The van der Waals surface area contributed by atoms with Crippen molar-refractivity contribution in [1.82, 2.24) is 29.9 Å². The number of rotatable bonds is 13. The van der Waals surface area contributed by atoms with E-state index in [0.717, 1.165) is 45.6 Å². The van der Waals surface area contributed by atoms with Crippen LogP contribution in [0, 0.1) is 17.2 Å². The Kier molecular flexibility index (Phi) is 10.4. The Labute approximate surface area is 249 Å². The zero-order valence-corrected chi connectivity index (χ0v) is 26.3. The summed E-state index contributed by atoms with van der Waals surface area (Å²) >= 11 is 0. The van der Waals surface area contributed by atoms with Crippen molar-refractivity contribution in [3.8, 4) is 11.6 Å². The molecule has 2 aliphatic heterocycles. The Balaban J connectivity index is 1.46. The third-order valence-electron chi connectivity index (χ3n) is 8.80. The van der Waals surface area contributed by atoms with Crippen LogP contribution in [0.1, 0.15) is 64.7 Å². The molecule has 0 aliphatic carbocycles. The molecule has 1 spiro atoms. The fraction of sp³-hybridized carbons (Fsp3) is 0.677. The molecule has 3 heterocycles. The maximum absolute atomic E-state index is 14.3. The van der Waals surface area contributed by atoms with Crippen LogP contribution in [0.3, 0.4) is 0 Å². The highest BCUT2D eigenvalue weighted by Crippen LogP contribution is 2.44. The monoisotopic (exact) mass is 585 g/mol. The van der Waals surface area contributed by atoms with E-state index in [9.17, 15) is 14.3 Å². The Bertz CT molecular complexity index is 1210. The van der Waals surface area contributed by atoms with Crippen LogP contribution in [0.4, 0.5) is 10.2 Å². The quantitative estimate of drug-likeness (QED) is 0.375. The van der Waals surface area contributed by atoms with E-state index in [1.807, 2.05) is 27.8 Å². The molecule has 0 saturated carbocycles. The van der Waals surface area contributed by atoms with Crippen molar-refractivity contribution in [2.24, 2.45) is 11.3 Å². The number of nitrogens with zero attached hydrogens (tertiary/aromatic N) is 7. The molecular formula is C31H48FN7O3. The Morgan fingerprint density at radius 1 is 1.17 bits per heavy atom. The molecule has 11 heteroatoms. The number of carbonyl (C=O) groups is 1. The lowest BCUT2D eigenvalue weighted by Gasteiger charge is -2.53. The maximum atomic E-state index is 14.3. The molecule has 0 bridgehead atoms. The Hall–Kier alpha value is -2.89. The van der Waals surface area contributed by atoms with Gasteiger partial charge in [0.05, 0.1) is 11.7 Å². The van der Waals surface area contributed by atoms with Crippen LogP contribution in [0.25, 0.3) is 0 Å². The number of aliphatic hydroxyl groups excluding tert-OH is 1. The second-order valence-corrected chi connectivity index (χ2v) is 12.6. The van der Waals surface area contributed by atoms with E-state index in [1.54, 1.807) is 4.90 Å². The van der Waals surface area contributed by atoms with Gasteiger partial charge in [0.1, 0.15) is 17.9 Å². The highest BCUT2D eigenvalue weighted by Gasteiger charge is 2.50. The molecule has 2 aliphatic rings. The molecule has 1 amide bonds. The predicted octanol–water partition coefficient (Wildman–Crippen LogP) is 3.91. The summed E-state index contributed by atoms with van der Waals surface area (Å²) in [7, 11) is 2.04. The first kappa shape index (κ1) is 32.0. The van der Waals surface area contributed by atoms with Gasteiger partial charge in [0, 0.05) is 56.8 Å². The van der Waals surface area contributed by atoms with Gasteiger partial charge in [0.15, 0.2) is 5.82 Å². The van der Waals surface area contributed by atoms with Crippen LogP contribution < -0.4 is 9.64 Å². The average Bonchev–Trinajstić information content (AvgIpc) is 3.38. The Morgan fingerprint density at radius 2 is 1.90 bits per heavy atom. The van der Waals surface area contributed by atoms with Crippen molar-refractivity contribution in [2.75, 3.05) is 57.8 Å². The minimum Gasteiger partial charge on any atom is -0.434 e. The van der Waals surface area contributed by atoms with E-state index in [0.29, 0.717) is 30.9 Å². The third kappa shape index (κ3) is 7.18. The zero-order chi connectivity index (χ0) is 30.6. The number of ether oxygens (including phenoxy) is 1. The largest absolute Gasteiger partial charge is 0.434 e. The molecule has 4 rings (SSSR count). The summed E-state index contributed by atoms with van der Waals surface area (Å²) in [4.78, 5) is 26.3. The van der Waals surface area contributed by atoms with Crippen molar-refractivity contribution in [3.05, 3.63) is 35.9 Å². The summed E-state index contributed by atoms with van der Waals surface area (Å²) in [5.74, 6) is 0.615. The number of halogens is 1. The van der Waals surface area contributed by atoms with Crippen LogP contribution in [-0.2, 0) is 0 Å². The number of amides is 1. The molecule has 232 valence electrons. The number of aliphatic hydroxyl groups is 1. The van der Waals surface area contributed by atoms with Gasteiger partial charge in [0.25, 0.3) is 11.8 Å². The number of hydrogen-bond donors (Lipinski definition) is 1. The fourth-order valence-electron chi connectivity index (χ4n) is 6.41.